The lowest BCUT2D eigenvalue weighted by molar-refractivity contribution is -0.137. The van der Waals surface area contributed by atoms with Crippen LogP contribution in [0.25, 0.3) is 0 Å². The lowest BCUT2D eigenvalue weighted by Crippen LogP contribution is -2.48. The predicted octanol–water partition coefficient (Wildman–Crippen LogP) is 0.663. The van der Waals surface area contributed by atoms with E-state index in [-0.39, 0.29) is 12.5 Å². The van der Waals surface area contributed by atoms with Crippen molar-refractivity contribution in [1.82, 2.24) is 4.90 Å². The number of carboxylic acid groups (broad SMARTS) is 1. The van der Waals surface area contributed by atoms with Gasteiger partial charge in [-0.2, -0.15) is 0 Å². The van der Waals surface area contributed by atoms with Crippen LogP contribution >= 0.6 is 0 Å². The molecule has 1 aliphatic heterocycles. The van der Waals surface area contributed by atoms with E-state index in [4.69, 9.17) is 10.8 Å². The third kappa shape index (κ3) is 3.27. The van der Waals surface area contributed by atoms with E-state index < -0.39 is 5.97 Å². The Bertz CT molecular complexity index is 197. The molecule has 0 aromatic carbocycles. The average Bonchev–Trinajstić information content (AvgIpc) is 2.15. The number of likely N-dealkylation sites (N-methyl/N-ethyl adjacent to an activating group) is 1. The van der Waals surface area contributed by atoms with Crippen LogP contribution in [0, 0.1) is 0 Å². The minimum absolute atomic E-state index is 0.0106. The highest BCUT2D eigenvalue weighted by molar-refractivity contribution is 5.66. The highest BCUT2D eigenvalue weighted by atomic mass is 16.4. The first-order valence-corrected chi connectivity index (χ1v) is 5.29. The SMILES string of the molecule is CN1CCCCC1C(N)CCC(=O)O. The summed E-state index contributed by atoms with van der Waals surface area (Å²) in [7, 11) is 2.07. The Morgan fingerprint density at radius 2 is 2.36 bits per heavy atom. The minimum Gasteiger partial charge on any atom is -0.481 e. The van der Waals surface area contributed by atoms with Gasteiger partial charge in [0.05, 0.1) is 0 Å². The normalized spacial score (nSPS) is 26.0. The Labute approximate surface area is 85.1 Å². The van der Waals surface area contributed by atoms with Crippen molar-refractivity contribution >= 4 is 5.97 Å². The lowest BCUT2D eigenvalue weighted by Gasteiger charge is -2.36. The van der Waals surface area contributed by atoms with Gasteiger partial charge in [0.25, 0.3) is 0 Å². The third-order valence-electron chi connectivity index (χ3n) is 3.01. The van der Waals surface area contributed by atoms with Gasteiger partial charge in [0.2, 0.25) is 0 Å². The van der Waals surface area contributed by atoms with Crippen LogP contribution in [0.3, 0.4) is 0 Å². The smallest absolute Gasteiger partial charge is 0.303 e. The van der Waals surface area contributed by atoms with E-state index in [1.54, 1.807) is 0 Å². The molecule has 1 rings (SSSR count). The Hall–Kier alpha value is -0.610. The third-order valence-corrected chi connectivity index (χ3v) is 3.01. The Kier molecular flexibility index (Phi) is 4.35. The first kappa shape index (κ1) is 11.5. The molecule has 2 unspecified atom stereocenters. The van der Waals surface area contributed by atoms with Crippen LogP contribution in [-0.2, 0) is 4.79 Å². The van der Waals surface area contributed by atoms with Crippen LogP contribution in [0.15, 0.2) is 0 Å². The highest BCUT2D eigenvalue weighted by Crippen LogP contribution is 2.19. The van der Waals surface area contributed by atoms with Gasteiger partial charge >= 0.3 is 5.97 Å². The van der Waals surface area contributed by atoms with Crippen molar-refractivity contribution in [3.05, 3.63) is 0 Å². The molecule has 82 valence electrons. The molecule has 0 aromatic rings. The summed E-state index contributed by atoms with van der Waals surface area (Å²) in [5.74, 6) is -0.751. The molecule has 0 saturated carbocycles. The first-order chi connectivity index (χ1) is 6.61. The summed E-state index contributed by atoms with van der Waals surface area (Å²) in [6.45, 7) is 1.09. The van der Waals surface area contributed by atoms with Crippen molar-refractivity contribution in [3.63, 3.8) is 0 Å². The minimum atomic E-state index is -0.751. The molecule has 0 spiro atoms. The molecule has 3 N–H and O–H groups in total. The van der Waals surface area contributed by atoms with Crippen LogP contribution in [0.4, 0.5) is 0 Å². The van der Waals surface area contributed by atoms with E-state index in [2.05, 4.69) is 11.9 Å². The van der Waals surface area contributed by atoms with Crippen LogP contribution in [0.2, 0.25) is 0 Å². The predicted molar refractivity (Wildman–Crippen MR) is 55.1 cm³/mol. The van der Waals surface area contributed by atoms with Crippen LogP contribution in [0.5, 0.6) is 0 Å². The van der Waals surface area contributed by atoms with Crippen LogP contribution in [0.1, 0.15) is 32.1 Å². The van der Waals surface area contributed by atoms with Gasteiger partial charge in [-0.25, -0.2) is 0 Å². The van der Waals surface area contributed by atoms with Gasteiger partial charge in [-0.05, 0) is 32.9 Å². The number of aliphatic carboxylic acids is 1. The van der Waals surface area contributed by atoms with Gasteiger partial charge in [0, 0.05) is 18.5 Å². The second kappa shape index (κ2) is 5.32. The second-order valence-corrected chi connectivity index (χ2v) is 4.14. The van der Waals surface area contributed by atoms with E-state index in [0.717, 1.165) is 13.0 Å². The fourth-order valence-corrected chi connectivity index (χ4v) is 2.12. The number of carboxylic acids is 1. The highest BCUT2D eigenvalue weighted by Gasteiger charge is 2.24. The molecule has 4 nitrogen and oxygen atoms in total. The van der Waals surface area contributed by atoms with Gasteiger partial charge in [0.1, 0.15) is 0 Å². The van der Waals surface area contributed by atoms with Crippen molar-refractivity contribution < 1.29 is 9.90 Å². The number of nitrogens with two attached hydrogens (primary N) is 1. The lowest BCUT2D eigenvalue weighted by atomic mass is 9.94. The maximum absolute atomic E-state index is 10.4. The second-order valence-electron chi connectivity index (χ2n) is 4.14. The molecule has 2 atom stereocenters. The summed E-state index contributed by atoms with van der Waals surface area (Å²) in [6, 6.07) is 0.388. The zero-order valence-corrected chi connectivity index (χ0v) is 8.78. The molecule has 1 fully saturated rings. The summed E-state index contributed by atoms with van der Waals surface area (Å²) >= 11 is 0. The van der Waals surface area contributed by atoms with Gasteiger partial charge in [0.15, 0.2) is 0 Å². The van der Waals surface area contributed by atoms with Crippen molar-refractivity contribution in [3.8, 4) is 0 Å². The maximum atomic E-state index is 10.4. The first-order valence-electron chi connectivity index (χ1n) is 5.29. The molecule has 0 amide bonds. The summed E-state index contributed by atoms with van der Waals surface area (Å²) in [5.41, 5.74) is 5.98. The van der Waals surface area contributed by atoms with Gasteiger partial charge in [-0.15, -0.1) is 0 Å². The topological polar surface area (TPSA) is 66.6 Å². The van der Waals surface area contributed by atoms with E-state index in [9.17, 15) is 4.79 Å². The molecular formula is C10H20N2O2. The Morgan fingerprint density at radius 3 is 2.93 bits per heavy atom. The summed E-state index contributed by atoms with van der Waals surface area (Å²) < 4.78 is 0. The molecule has 4 heteroatoms. The number of hydrogen-bond donors (Lipinski definition) is 2. The van der Waals surface area contributed by atoms with E-state index in [0.29, 0.717) is 12.5 Å². The molecule has 0 aromatic heterocycles. The molecular weight excluding hydrogens is 180 g/mol. The number of likely N-dealkylation sites (tertiary alicyclic amines) is 1. The van der Waals surface area contributed by atoms with Gasteiger partial charge in [-0.1, -0.05) is 6.42 Å². The van der Waals surface area contributed by atoms with E-state index >= 15 is 0 Å². The van der Waals surface area contributed by atoms with Crippen molar-refractivity contribution in [1.29, 1.82) is 0 Å². The molecule has 1 heterocycles. The number of hydrogen-bond acceptors (Lipinski definition) is 3. The fraction of sp³-hybridized carbons (Fsp3) is 0.900. The maximum Gasteiger partial charge on any atom is 0.303 e. The summed E-state index contributed by atoms with van der Waals surface area (Å²) in [5, 5.41) is 8.56. The van der Waals surface area contributed by atoms with E-state index in [1.165, 1.54) is 12.8 Å². The zero-order chi connectivity index (χ0) is 10.6. The van der Waals surface area contributed by atoms with Gasteiger partial charge in [-0.3, -0.25) is 4.79 Å². The summed E-state index contributed by atoms with van der Waals surface area (Å²) in [6.07, 6.45) is 4.33. The molecule has 14 heavy (non-hydrogen) atoms. The monoisotopic (exact) mass is 200 g/mol. The Morgan fingerprint density at radius 1 is 1.64 bits per heavy atom. The van der Waals surface area contributed by atoms with Crippen LogP contribution < -0.4 is 5.73 Å². The molecule has 0 radical (unpaired) electrons. The summed E-state index contributed by atoms with van der Waals surface area (Å²) in [4.78, 5) is 12.7. The number of rotatable bonds is 4. The molecule has 0 aliphatic carbocycles. The fourth-order valence-electron chi connectivity index (χ4n) is 2.12. The molecule has 0 bridgehead atoms. The number of piperidine rings is 1. The van der Waals surface area contributed by atoms with E-state index in [1.807, 2.05) is 0 Å². The van der Waals surface area contributed by atoms with Gasteiger partial charge < -0.3 is 15.7 Å². The quantitative estimate of drug-likeness (QED) is 0.699. The molecule has 1 aliphatic rings. The molecule has 1 saturated heterocycles. The number of carbonyl (C=O) groups is 1. The van der Waals surface area contributed by atoms with Crippen molar-refractivity contribution in [2.24, 2.45) is 5.73 Å². The van der Waals surface area contributed by atoms with Crippen molar-refractivity contribution in [2.45, 2.75) is 44.2 Å². The average molecular weight is 200 g/mol. The largest absolute Gasteiger partial charge is 0.481 e. The standard InChI is InChI=1S/C10H20N2O2/c1-12-7-3-2-4-9(12)8(11)5-6-10(13)14/h8-9H,2-7,11H2,1H3,(H,13,14). The van der Waals surface area contributed by atoms with Crippen LogP contribution in [-0.4, -0.2) is 41.7 Å². The Balaban J connectivity index is 2.34. The number of nitrogens with zero attached hydrogens (tertiary/aromatic N) is 1. The zero-order valence-electron chi connectivity index (χ0n) is 8.78. The van der Waals surface area contributed by atoms with Crippen molar-refractivity contribution in [2.75, 3.05) is 13.6 Å².